The molecule has 0 aliphatic rings. The second-order valence-electron chi connectivity index (χ2n) is 6.01. The largest absolute Gasteiger partial charge is 0.497 e. The lowest BCUT2D eigenvalue weighted by Gasteiger charge is -2.12. The van der Waals surface area contributed by atoms with Crippen molar-refractivity contribution in [2.75, 3.05) is 26.6 Å². The lowest BCUT2D eigenvalue weighted by atomic mass is 10.2. The van der Waals surface area contributed by atoms with Gasteiger partial charge in [0.2, 0.25) is 11.1 Å². The van der Waals surface area contributed by atoms with Gasteiger partial charge < -0.3 is 19.5 Å². The average molecular weight is 414 g/mol. The van der Waals surface area contributed by atoms with Crippen molar-refractivity contribution in [3.63, 3.8) is 0 Å². The van der Waals surface area contributed by atoms with Gasteiger partial charge in [-0.2, -0.15) is 0 Å². The van der Waals surface area contributed by atoms with Crippen molar-refractivity contribution >= 4 is 23.4 Å². The number of ether oxygens (including phenoxy) is 3. The van der Waals surface area contributed by atoms with Crippen LogP contribution in [-0.4, -0.2) is 47.7 Å². The maximum atomic E-state index is 12.5. The van der Waals surface area contributed by atoms with Gasteiger partial charge in [0.25, 0.3) is 0 Å². The molecule has 0 fully saturated rings. The topological polar surface area (TPSA) is 98.4 Å². The third-order valence-electron chi connectivity index (χ3n) is 4.13. The highest BCUT2D eigenvalue weighted by Gasteiger charge is 2.18. The van der Waals surface area contributed by atoms with E-state index in [0.717, 1.165) is 11.3 Å². The Morgan fingerprint density at radius 2 is 1.76 bits per heavy atom. The third kappa shape index (κ3) is 5.00. The van der Waals surface area contributed by atoms with Gasteiger partial charge in [0.1, 0.15) is 5.75 Å². The molecule has 2 N–H and O–H groups in total. The molecule has 0 saturated heterocycles. The maximum Gasteiger partial charge on any atom is 0.237 e. The first-order valence-electron chi connectivity index (χ1n) is 8.80. The minimum atomic E-state index is -0.400. The zero-order chi connectivity index (χ0) is 20.8. The van der Waals surface area contributed by atoms with E-state index in [1.165, 1.54) is 11.8 Å². The minimum Gasteiger partial charge on any atom is -0.497 e. The van der Waals surface area contributed by atoms with E-state index in [2.05, 4.69) is 20.5 Å². The molecule has 0 aliphatic carbocycles. The van der Waals surface area contributed by atoms with Gasteiger partial charge in [-0.25, -0.2) is 4.98 Å². The van der Waals surface area contributed by atoms with Crippen molar-refractivity contribution in [2.24, 2.45) is 0 Å². The Labute approximate surface area is 173 Å². The summed E-state index contributed by atoms with van der Waals surface area (Å²) < 4.78 is 15.6. The summed E-state index contributed by atoms with van der Waals surface area (Å²) in [6.07, 6.45) is 0. The number of thioether (sulfide) groups is 1. The van der Waals surface area contributed by atoms with Crippen LogP contribution in [0.1, 0.15) is 6.92 Å². The van der Waals surface area contributed by atoms with Gasteiger partial charge in [-0.1, -0.05) is 11.8 Å². The van der Waals surface area contributed by atoms with Crippen molar-refractivity contribution in [3.05, 3.63) is 42.5 Å². The Balaban J connectivity index is 1.63. The van der Waals surface area contributed by atoms with E-state index < -0.39 is 5.25 Å². The second-order valence-corrected chi connectivity index (χ2v) is 7.32. The van der Waals surface area contributed by atoms with Crippen LogP contribution >= 0.6 is 11.8 Å². The van der Waals surface area contributed by atoms with Crippen LogP contribution < -0.4 is 19.5 Å². The Kier molecular flexibility index (Phi) is 6.61. The number of hydrogen-bond acceptors (Lipinski definition) is 7. The molecule has 1 heterocycles. The number of aromatic amines is 1. The van der Waals surface area contributed by atoms with E-state index in [0.29, 0.717) is 28.2 Å². The molecule has 2 aromatic carbocycles. The fraction of sp³-hybridized carbons (Fsp3) is 0.250. The Hall–Kier alpha value is -3.20. The van der Waals surface area contributed by atoms with Gasteiger partial charge >= 0.3 is 0 Å². The van der Waals surface area contributed by atoms with E-state index >= 15 is 0 Å². The molecule has 3 aromatic rings. The highest BCUT2D eigenvalue weighted by atomic mass is 32.2. The maximum absolute atomic E-state index is 12.5. The fourth-order valence-corrected chi connectivity index (χ4v) is 3.27. The van der Waals surface area contributed by atoms with Crippen LogP contribution in [-0.2, 0) is 4.79 Å². The summed E-state index contributed by atoms with van der Waals surface area (Å²) >= 11 is 1.27. The number of nitrogens with one attached hydrogen (secondary N) is 2. The van der Waals surface area contributed by atoms with Crippen LogP contribution in [0.15, 0.2) is 47.6 Å². The molecular formula is C20H22N4O4S. The molecule has 8 nitrogen and oxygen atoms in total. The lowest BCUT2D eigenvalue weighted by molar-refractivity contribution is -0.115. The summed E-state index contributed by atoms with van der Waals surface area (Å²) in [5.41, 5.74) is 1.50. The molecule has 9 heteroatoms. The van der Waals surface area contributed by atoms with Gasteiger partial charge in [0.15, 0.2) is 17.3 Å². The summed E-state index contributed by atoms with van der Waals surface area (Å²) in [7, 11) is 4.73. The number of carbonyl (C=O) groups excluding carboxylic acids is 1. The lowest BCUT2D eigenvalue weighted by Crippen LogP contribution is -2.22. The first-order chi connectivity index (χ1) is 14.0. The molecule has 3 rings (SSSR count). The minimum absolute atomic E-state index is 0.169. The number of methoxy groups -OCH3 is 3. The van der Waals surface area contributed by atoms with Crippen LogP contribution in [0.2, 0.25) is 0 Å². The Morgan fingerprint density at radius 1 is 1.03 bits per heavy atom. The van der Waals surface area contributed by atoms with Crippen LogP contribution in [0.25, 0.3) is 11.4 Å². The van der Waals surface area contributed by atoms with E-state index in [9.17, 15) is 4.79 Å². The highest BCUT2D eigenvalue weighted by Crippen LogP contribution is 2.30. The quantitative estimate of drug-likeness (QED) is 0.543. The fourth-order valence-electron chi connectivity index (χ4n) is 2.55. The van der Waals surface area contributed by atoms with Gasteiger partial charge in [-0.05, 0) is 43.3 Å². The molecule has 0 aliphatic heterocycles. The van der Waals surface area contributed by atoms with Gasteiger partial charge in [-0.15, -0.1) is 5.10 Å². The molecule has 1 amide bonds. The summed E-state index contributed by atoms with van der Waals surface area (Å²) in [4.78, 5) is 17.0. The standard InChI is InChI=1S/C20H22N4O4S/c1-12(19(25)21-14-7-10-16(27-3)17(11-14)28-4)29-20-22-18(23-24-20)13-5-8-15(26-2)9-6-13/h5-12H,1-4H3,(H,21,25)(H,22,23,24). The van der Waals surface area contributed by atoms with Gasteiger partial charge in [-0.3, -0.25) is 9.89 Å². The van der Waals surface area contributed by atoms with Crippen LogP contribution in [0.5, 0.6) is 17.2 Å². The third-order valence-corrected chi connectivity index (χ3v) is 5.09. The van der Waals surface area contributed by atoms with Crippen LogP contribution in [0.4, 0.5) is 5.69 Å². The van der Waals surface area contributed by atoms with Crippen molar-refractivity contribution in [1.82, 2.24) is 15.2 Å². The number of hydrogen-bond donors (Lipinski definition) is 2. The summed E-state index contributed by atoms with van der Waals surface area (Å²) in [6, 6.07) is 12.7. The molecule has 0 spiro atoms. The molecule has 152 valence electrons. The SMILES string of the molecule is COc1ccc(-c2nc(SC(C)C(=O)Nc3ccc(OC)c(OC)c3)n[nH]2)cc1. The number of rotatable bonds is 8. The van der Waals surface area contributed by atoms with Gasteiger partial charge in [0, 0.05) is 17.3 Å². The Morgan fingerprint density at radius 3 is 2.41 bits per heavy atom. The van der Waals surface area contributed by atoms with Gasteiger partial charge in [0.05, 0.1) is 26.6 Å². The monoisotopic (exact) mass is 414 g/mol. The highest BCUT2D eigenvalue weighted by molar-refractivity contribution is 8.00. The summed E-state index contributed by atoms with van der Waals surface area (Å²) in [5, 5.41) is 10.0. The number of amides is 1. The molecule has 1 atom stereocenters. The van der Waals surface area contributed by atoms with Crippen molar-refractivity contribution in [2.45, 2.75) is 17.3 Å². The number of aromatic nitrogens is 3. The van der Waals surface area contributed by atoms with E-state index in [4.69, 9.17) is 14.2 Å². The van der Waals surface area contributed by atoms with Crippen LogP contribution in [0.3, 0.4) is 0 Å². The molecular weight excluding hydrogens is 392 g/mol. The molecule has 0 radical (unpaired) electrons. The number of H-pyrrole nitrogens is 1. The summed E-state index contributed by atoms with van der Waals surface area (Å²) in [5.74, 6) is 2.37. The zero-order valence-corrected chi connectivity index (χ0v) is 17.4. The Bertz CT molecular complexity index is 975. The average Bonchev–Trinajstić information content (AvgIpc) is 3.22. The van der Waals surface area contributed by atoms with Crippen molar-refractivity contribution in [1.29, 1.82) is 0 Å². The zero-order valence-electron chi connectivity index (χ0n) is 16.6. The predicted octanol–water partition coefficient (Wildman–Crippen LogP) is 3.62. The first-order valence-corrected chi connectivity index (χ1v) is 9.68. The number of nitrogens with zero attached hydrogens (tertiary/aromatic N) is 2. The first kappa shape index (κ1) is 20.5. The molecule has 1 unspecified atom stereocenters. The van der Waals surface area contributed by atoms with E-state index in [1.807, 2.05) is 24.3 Å². The second kappa shape index (κ2) is 9.33. The number of anilines is 1. The molecule has 0 saturated carbocycles. The van der Waals surface area contributed by atoms with Crippen molar-refractivity contribution in [3.8, 4) is 28.6 Å². The van der Waals surface area contributed by atoms with E-state index in [1.54, 1.807) is 46.5 Å². The molecule has 1 aromatic heterocycles. The summed E-state index contributed by atoms with van der Waals surface area (Å²) in [6.45, 7) is 1.80. The van der Waals surface area contributed by atoms with Crippen LogP contribution in [0, 0.1) is 0 Å². The smallest absolute Gasteiger partial charge is 0.237 e. The number of benzene rings is 2. The van der Waals surface area contributed by atoms with E-state index in [-0.39, 0.29) is 5.91 Å². The van der Waals surface area contributed by atoms with Crippen molar-refractivity contribution < 1.29 is 19.0 Å². The molecule has 29 heavy (non-hydrogen) atoms. The molecule has 0 bridgehead atoms. The number of carbonyl (C=O) groups is 1. The predicted molar refractivity (Wildman–Crippen MR) is 112 cm³/mol. The normalized spacial score (nSPS) is 11.6.